The molecule has 0 spiro atoms. The molecular weight excluding hydrogens is 392 g/mol. The third-order valence-electron chi connectivity index (χ3n) is 3.21. The molecule has 0 saturated carbocycles. The van der Waals surface area contributed by atoms with Gasteiger partial charge in [0.05, 0.1) is 13.4 Å². The molecule has 24 heavy (non-hydrogen) atoms. The van der Waals surface area contributed by atoms with Crippen molar-refractivity contribution in [2.45, 2.75) is 5.75 Å². The lowest BCUT2D eigenvalue weighted by molar-refractivity contribution is -0.130. The fourth-order valence-corrected chi connectivity index (χ4v) is 3.17. The zero-order valence-corrected chi connectivity index (χ0v) is 15.3. The van der Waals surface area contributed by atoms with Gasteiger partial charge < -0.3 is 9.84 Å². The highest BCUT2D eigenvalue weighted by molar-refractivity contribution is 9.10. The first kappa shape index (κ1) is 18.3. The SMILES string of the molecule is COC=C(C(=O)O)c1ccccc1CSC(=O)c1ccc(Br)cc1. The molecule has 0 heterocycles. The first-order valence-corrected chi connectivity index (χ1v) is 8.78. The number of halogens is 1. The molecule has 0 aliphatic carbocycles. The molecule has 6 heteroatoms. The van der Waals surface area contributed by atoms with Crippen LogP contribution in [-0.2, 0) is 15.3 Å². The molecule has 0 saturated heterocycles. The van der Waals surface area contributed by atoms with Crippen LogP contribution in [0.1, 0.15) is 21.5 Å². The van der Waals surface area contributed by atoms with E-state index in [0.717, 1.165) is 21.8 Å². The van der Waals surface area contributed by atoms with Gasteiger partial charge in [-0.2, -0.15) is 0 Å². The quantitative estimate of drug-likeness (QED) is 0.561. The second-order valence-corrected chi connectivity index (χ2v) is 6.68. The minimum absolute atomic E-state index is 0.0600. The molecule has 0 aliphatic rings. The minimum atomic E-state index is -1.08. The summed E-state index contributed by atoms with van der Waals surface area (Å²) in [7, 11) is 1.40. The summed E-state index contributed by atoms with van der Waals surface area (Å²) in [6.07, 6.45) is 1.20. The fraction of sp³-hybridized carbons (Fsp3) is 0.111. The topological polar surface area (TPSA) is 63.6 Å². The minimum Gasteiger partial charge on any atom is -0.503 e. The molecular formula is C18H15BrO4S. The number of hydrogen-bond acceptors (Lipinski definition) is 4. The van der Waals surface area contributed by atoms with Gasteiger partial charge in [-0.1, -0.05) is 52.0 Å². The van der Waals surface area contributed by atoms with E-state index in [9.17, 15) is 14.7 Å². The van der Waals surface area contributed by atoms with Gasteiger partial charge >= 0.3 is 5.97 Å². The number of hydrogen-bond donors (Lipinski definition) is 1. The van der Waals surface area contributed by atoms with Gasteiger partial charge in [0, 0.05) is 15.8 Å². The van der Waals surface area contributed by atoms with Crippen LogP contribution < -0.4 is 0 Å². The maximum Gasteiger partial charge on any atom is 0.339 e. The lowest BCUT2D eigenvalue weighted by atomic mass is 10.0. The Morgan fingerprint density at radius 2 is 1.83 bits per heavy atom. The molecule has 0 bridgehead atoms. The summed E-state index contributed by atoms with van der Waals surface area (Å²) >= 11 is 4.47. The Labute approximate surface area is 152 Å². The number of aliphatic carboxylic acids is 1. The zero-order valence-electron chi connectivity index (χ0n) is 12.9. The smallest absolute Gasteiger partial charge is 0.339 e. The van der Waals surface area contributed by atoms with Crippen molar-refractivity contribution in [2.75, 3.05) is 7.11 Å². The van der Waals surface area contributed by atoms with E-state index in [2.05, 4.69) is 15.9 Å². The van der Waals surface area contributed by atoms with E-state index < -0.39 is 5.97 Å². The molecule has 0 fully saturated rings. The van der Waals surface area contributed by atoms with Crippen LogP contribution in [0, 0.1) is 0 Å². The maximum absolute atomic E-state index is 12.3. The molecule has 0 atom stereocenters. The monoisotopic (exact) mass is 406 g/mol. The van der Waals surface area contributed by atoms with E-state index in [4.69, 9.17) is 4.74 Å². The molecule has 0 unspecified atom stereocenters. The van der Waals surface area contributed by atoms with Crippen molar-refractivity contribution in [3.05, 3.63) is 76.0 Å². The summed E-state index contributed by atoms with van der Waals surface area (Å²) < 4.78 is 5.77. The predicted molar refractivity (Wildman–Crippen MR) is 98.8 cm³/mol. The van der Waals surface area contributed by atoms with Crippen LogP contribution in [0.5, 0.6) is 0 Å². The average molecular weight is 407 g/mol. The first-order chi connectivity index (χ1) is 11.5. The molecule has 2 aromatic rings. The van der Waals surface area contributed by atoms with E-state index in [-0.39, 0.29) is 10.7 Å². The Kier molecular flexibility index (Phi) is 6.63. The summed E-state index contributed by atoms with van der Waals surface area (Å²) in [5, 5.41) is 9.27. The highest BCUT2D eigenvalue weighted by Gasteiger charge is 2.16. The summed E-state index contributed by atoms with van der Waals surface area (Å²) in [5.41, 5.74) is 1.97. The first-order valence-electron chi connectivity index (χ1n) is 7.00. The van der Waals surface area contributed by atoms with Crippen LogP contribution in [0.15, 0.2) is 59.3 Å². The Morgan fingerprint density at radius 3 is 2.46 bits per heavy atom. The van der Waals surface area contributed by atoms with E-state index in [1.165, 1.54) is 13.4 Å². The number of thioether (sulfide) groups is 1. The Bertz CT molecular complexity index is 769. The van der Waals surface area contributed by atoms with Gasteiger partial charge in [-0.15, -0.1) is 0 Å². The van der Waals surface area contributed by atoms with E-state index in [0.29, 0.717) is 16.9 Å². The van der Waals surface area contributed by atoms with Gasteiger partial charge in [-0.05, 0) is 35.4 Å². The van der Waals surface area contributed by atoms with Crippen molar-refractivity contribution >= 4 is 44.3 Å². The molecule has 0 amide bonds. The number of carboxylic acid groups (broad SMARTS) is 1. The number of carbonyl (C=O) groups is 2. The van der Waals surface area contributed by atoms with E-state index in [1.807, 2.05) is 24.3 Å². The lowest BCUT2D eigenvalue weighted by Gasteiger charge is -2.09. The molecule has 0 radical (unpaired) electrons. The highest BCUT2D eigenvalue weighted by Crippen LogP contribution is 2.26. The van der Waals surface area contributed by atoms with Crippen LogP contribution in [0.25, 0.3) is 5.57 Å². The van der Waals surface area contributed by atoms with Crippen LogP contribution in [0.3, 0.4) is 0 Å². The highest BCUT2D eigenvalue weighted by atomic mass is 79.9. The van der Waals surface area contributed by atoms with Gasteiger partial charge in [0.15, 0.2) is 0 Å². The number of methoxy groups -OCH3 is 1. The molecule has 0 aliphatic heterocycles. The normalized spacial score (nSPS) is 11.2. The number of rotatable bonds is 6. The van der Waals surface area contributed by atoms with Gasteiger partial charge in [0.1, 0.15) is 5.57 Å². The molecule has 0 aromatic heterocycles. The Balaban J connectivity index is 2.18. The predicted octanol–water partition coefficient (Wildman–Crippen LogP) is 4.59. The molecule has 124 valence electrons. The Hall–Kier alpha value is -2.05. The Morgan fingerprint density at radius 1 is 1.17 bits per heavy atom. The summed E-state index contributed by atoms with van der Waals surface area (Å²) in [4.78, 5) is 23.7. The van der Waals surface area contributed by atoms with Crippen molar-refractivity contribution in [1.29, 1.82) is 0 Å². The van der Waals surface area contributed by atoms with Crippen LogP contribution in [-0.4, -0.2) is 23.3 Å². The number of carbonyl (C=O) groups excluding carboxylic acids is 1. The van der Waals surface area contributed by atoms with Crippen molar-refractivity contribution in [1.82, 2.24) is 0 Å². The van der Waals surface area contributed by atoms with Crippen molar-refractivity contribution in [3.8, 4) is 0 Å². The van der Waals surface area contributed by atoms with E-state index in [1.54, 1.807) is 24.3 Å². The van der Waals surface area contributed by atoms with Gasteiger partial charge in [0.25, 0.3) is 0 Å². The molecule has 1 N–H and O–H groups in total. The van der Waals surface area contributed by atoms with Crippen molar-refractivity contribution in [2.24, 2.45) is 0 Å². The summed E-state index contributed by atoms with van der Waals surface area (Å²) in [6.45, 7) is 0. The number of carboxylic acids is 1. The van der Waals surface area contributed by atoms with Crippen molar-refractivity contribution < 1.29 is 19.4 Å². The van der Waals surface area contributed by atoms with Crippen molar-refractivity contribution in [3.63, 3.8) is 0 Å². The van der Waals surface area contributed by atoms with Crippen LogP contribution in [0.2, 0.25) is 0 Å². The van der Waals surface area contributed by atoms with Gasteiger partial charge in [-0.25, -0.2) is 4.79 Å². The standard InChI is InChI=1S/C18H15BrO4S/c1-23-10-16(17(20)21)15-5-3-2-4-13(15)11-24-18(22)12-6-8-14(19)9-7-12/h2-10H,11H2,1H3,(H,20,21). The zero-order chi connectivity index (χ0) is 17.5. The number of ether oxygens (including phenoxy) is 1. The third kappa shape index (κ3) is 4.72. The van der Waals surface area contributed by atoms with Gasteiger partial charge in [-0.3, -0.25) is 4.79 Å². The summed E-state index contributed by atoms with van der Waals surface area (Å²) in [6, 6.07) is 14.2. The average Bonchev–Trinajstić information content (AvgIpc) is 2.58. The third-order valence-corrected chi connectivity index (χ3v) is 4.69. The second-order valence-electron chi connectivity index (χ2n) is 4.81. The molecule has 2 aromatic carbocycles. The fourth-order valence-electron chi connectivity index (χ4n) is 2.07. The van der Waals surface area contributed by atoms with E-state index >= 15 is 0 Å². The lowest BCUT2D eigenvalue weighted by Crippen LogP contribution is -2.04. The largest absolute Gasteiger partial charge is 0.503 e. The second kappa shape index (κ2) is 8.70. The summed E-state index contributed by atoms with van der Waals surface area (Å²) in [5.74, 6) is -0.701. The van der Waals surface area contributed by atoms with Gasteiger partial charge in [0.2, 0.25) is 5.12 Å². The maximum atomic E-state index is 12.3. The van der Waals surface area contributed by atoms with Crippen LogP contribution in [0.4, 0.5) is 0 Å². The van der Waals surface area contributed by atoms with Crippen LogP contribution >= 0.6 is 27.7 Å². The molecule has 2 rings (SSSR count). The molecule has 4 nitrogen and oxygen atoms in total. The number of benzene rings is 2.